The molecule has 0 rings (SSSR count). The number of hydrogen-bond donors (Lipinski definition) is 2. The molecular weight excluding hydrogens is 976 g/mol. The summed E-state index contributed by atoms with van der Waals surface area (Å²) < 4.78 is 39.4. The van der Waals surface area contributed by atoms with Gasteiger partial charge in [0.05, 0.1) is 19.8 Å². The van der Waals surface area contributed by atoms with Gasteiger partial charge in [-0.15, -0.1) is 0 Å². The summed E-state index contributed by atoms with van der Waals surface area (Å²) in [5, 5.41) is 9.79. The lowest BCUT2D eigenvalue weighted by Gasteiger charge is -2.21. The van der Waals surface area contributed by atoms with Crippen molar-refractivity contribution in [3.05, 3.63) is 122 Å². The zero-order chi connectivity index (χ0) is 55.5. The molecule has 0 aromatic heterocycles. The fraction of sp³-hybridized carbons (Fsp3) is 0.641. The Hall–Kier alpha value is -4.12. The predicted octanol–water partition coefficient (Wildman–Crippen LogP) is 17.6. The Balaban J connectivity index is 4.88. The van der Waals surface area contributed by atoms with Crippen molar-refractivity contribution in [1.29, 1.82) is 0 Å². The Morgan fingerprint density at radius 3 is 1.05 bits per heavy atom. The number of phosphoric ester groups is 1. The molecule has 12 heteroatoms. The maximum Gasteiger partial charge on any atom is 0.472 e. The van der Waals surface area contributed by atoms with Gasteiger partial charge in [-0.05, 0) is 83.5 Å². The third kappa shape index (κ3) is 54.7. The molecule has 11 nitrogen and oxygen atoms in total. The fourth-order valence-corrected chi connectivity index (χ4v) is 8.30. The molecule has 0 aromatic rings. The second kappa shape index (κ2) is 57.1. The minimum absolute atomic E-state index is 0.0463. The zero-order valence-corrected chi connectivity index (χ0v) is 48.6. The summed E-state index contributed by atoms with van der Waals surface area (Å²) in [6, 6.07) is 0. The first kappa shape index (κ1) is 71.9. The van der Waals surface area contributed by atoms with Crippen molar-refractivity contribution in [2.75, 3.05) is 26.4 Å². The van der Waals surface area contributed by atoms with Crippen LogP contribution in [-0.4, -0.2) is 66.5 Å². The van der Waals surface area contributed by atoms with E-state index in [0.717, 1.165) is 83.5 Å². The average molecular weight is 1080 g/mol. The predicted molar refractivity (Wildman–Crippen MR) is 316 cm³/mol. The molecule has 0 radical (unpaired) electrons. The van der Waals surface area contributed by atoms with Crippen molar-refractivity contribution in [3.63, 3.8) is 0 Å². The van der Waals surface area contributed by atoms with Crippen molar-refractivity contribution >= 4 is 25.7 Å². The second-order valence-corrected chi connectivity index (χ2v) is 20.5. The van der Waals surface area contributed by atoms with Crippen LogP contribution in [0.5, 0.6) is 0 Å². The monoisotopic (exact) mass is 1080 g/mol. The first-order chi connectivity index (χ1) is 37.2. The van der Waals surface area contributed by atoms with Gasteiger partial charge >= 0.3 is 25.7 Å². The van der Waals surface area contributed by atoms with Crippen LogP contribution in [0, 0.1) is 0 Å². The van der Waals surface area contributed by atoms with Crippen LogP contribution in [0.2, 0.25) is 0 Å². The third-order valence-electron chi connectivity index (χ3n) is 11.9. The number of aliphatic hydroxyl groups excluding tert-OH is 1. The highest BCUT2D eigenvalue weighted by Crippen LogP contribution is 2.43. The van der Waals surface area contributed by atoms with Crippen molar-refractivity contribution < 1.29 is 52.2 Å². The molecule has 76 heavy (non-hydrogen) atoms. The Bertz CT molecular complexity index is 1740. The molecule has 0 aromatic carbocycles. The molecule has 2 N–H and O–H groups in total. The lowest BCUT2D eigenvalue weighted by molar-refractivity contribution is -0.161. The van der Waals surface area contributed by atoms with E-state index >= 15 is 0 Å². The number of unbranched alkanes of at least 4 members (excludes halogenated alkanes) is 16. The van der Waals surface area contributed by atoms with Gasteiger partial charge in [-0.2, -0.15) is 0 Å². The number of phosphoric acid groups is 1. The number of carbonyl (C=O) groups is 3. The summed E-state index contributed by atoms with van der Waals surface area (Å²) in [5.74, 6) is -1.66. The minimum Gasteiger partial charge on any atom is -0.462 e. The maximum atomic E-state index is 12.9. The number of carbonyl (C=O) groups excluding carboxylic acids is 3. The summed E-state index contributed by atoms with van der Waals surface area (Å²) in [7, 11) is -4.79. The molecule has 0 saturated carbocycles. The van der Waals surface area contributed by atoms with Crippen LogP contribution in [0.1, 0.15) is 226 Å². The van der Waals surface area contributed by atoms with Crippen LogP contribution < -0.4 is 0 Å². The van der Waals surface area contributed by atoms with E-state index in [2.05, 4.69) is 112 Å². The fourth-order valence-electron chi connectivity index (χ4n) is 7.51. The lowest BCUT2D eigenvalue weighted by Crippen LogP contribution is -2.30. The van der Waals surface area contributed by atoms with E-state index in [1.165, 1.54) is 83.5 Å². The van der Waals surface area contributed by atoms with Gasteiger partial charge < -0.3 is 24.2 Å². The number of esters is 3. The van der Waals surface area contributed by atoms with Crippen LogP contribution in [0.4, 0.5) is 0 Å². The number of aliphatic hydroxyl groups is 1. The molecule has 0 saturated heterocycles. The molecule has 0 amide bonds. The van der Waals surface area contributed by atoms with Gasteiger partial charge in [0.25, 0.3) is 0 Å². The molecule has 3 atom stereocenters. The molecule has 432 valence electrons. The molecule has 3 unspecified atom stereocenters. The third-order valence-corrected chi connectivity index (χ3v) is 12.9. The van der Waals surface area contributed by atoms with Crippen LogP contribution >= 0.6 is 7.82 Å². The molecule has 0 aliphatic rings. The van der Waals surface area contributed by atoms with Crippen LogP contribution in [0.25, 0.3) is 0 Å². The first-order valence-corrected chi connectivity index (χ1v) is 30.9. The van der Waals surface area contributed by atoms with Gasteiger partial charge in [-0.3, -0.25) is 23.4 Å². The Kier molecular flexibility index (Phi) is 54.0. The highest BCUT2D eigenvalue weighted by atomic mass is 31.2. The van der Waals surface area contributed by atoms with E-state index < -0.39 is 57.8 Å². The average Bonchev–Trinajstić information content (AvgIpc) is 3.41. The SMILES string of the molecule is CC/C=C\C/C=C\C/C=C\C/C=C\C/C=C\C/C=C\CCC(=O)OCC(COP(=O)(O)OCC(CO)OC(=O)CC/C=C\C/C=C\C/C=C\C/C=C\CC)OC(=O)CCCCCCCCCCCCCCCCCCC. The van der Waals surface area contributed by atoms with E-state index in [1.54, 1.807) is 0 Å². The molecule has 0 aliphatic carbocycles. The second-order valence-electron chi connectivity index (χ2n) is 19.0. The van der Waals surface area contributed by atoms with Gasteiger partial charge in [0.1, 0.15) is 12.7 Å². The molecular formula is C64H105O11P. The van der Waals surface area contributed by atoms with E-state index in [9.17, 15) is 28.9 Å². The van der Waals surface area contributed by atoms with Crippen molar-refractivity contribution in [1.82, 2.24) is 0 Å². The van der Waals surface area contributed by atoms with Gasteiger partial charge in [0.2, 0.25) is 0 Å². The van der Waals surface area contributed by atoms with Crippen molar-refractivity contribution in [2.45, 2.75) is 238 Å². The van der Waals surface area contributed by atoms with Gasteiger partial charge in [-0.25, -0.2) is 4.57 Å². The number of hydrogen-bond acceptors (Lipinski definition) is 10. The first-order valence-electron chi connectivity index (χ1n) is 29.4. The summed E-state index contributed by atoms with van der Waals surface area (Å²) in [6.07, 6.45) is 70.5. The van der Waals surface area contributed by atoms with Crippen LogP contribution in [0.15, 0.2) is 122 Å². The Labute approximate surface area is 462 Å². The Morgan fingerprint density at radius 1 is 0.382 bits per heavy atom. The number of rotatable bonds is 53. The number of allylic oxidation sites excluding steroid dienone is 20. The quantitative estimate of drug-likeness (QED) is 0.0197. The largest absolute Gasteiger partial charge is 0.472 e. The van der Waals surface area contributed by atoms with Crippen LogP contribution in [0.3, 0.4) is 0 Å². The lowest BCUT2D eigenvalue weighted by atomic mass is 10.0. The summed E-state index contributed by atoms with van der Waals surface area (Å²) in [4.78, 5) is 48.5. The molecule has 0 spiro atoms. The maximum absolute atomic E-state index is 12.9. The summed E-state index contributed by atoms with van der Waals surface area (Å²) in [6.45, 7) is 4.25. The van der Waals surface area contributed by atoms with E-state index in [1.807, 2.05) is 30.4 Å². The van der Waals surface area contributed by atoms with Gasteiger partial charge in [-0.1, -0.05) is 245 Å². The van der Waals surface area contributed by atoms with Crippen molar-refractivity contribution in [2.24, 2.45) is 0 Å². The zero-order valence-electron chi connectivity index (χ0n) is 47.7. The highest BCUT2D eigenvalue weighted by molar-refractivity contribution is 7.47. The van der Waals surface area contributed by atoms with E-state index in [0.29, 0.717) is 19.3 Å². The molecule has 0 aliphatic heterocycles. The van der Waals surface area contributed by atoms with Crippen LogP contribution in [-0.2, 0) is 42.2 Å². The smallest absolute Gasteiger partial charge is 0.462 e. The highest BCUT2D eigenvalue weighted by Gasteiger charge is 2.28. The molecule has 0 fully saturated rings. The number of ether oxygens (including phenoxy) is 3. The van der Waals surface area contributed by atoms with E-state index in [-0.39, 0.29) is 25.9 Å². The summed E-state index contributed by atoms with van der Waals surface area (Å²) in [5.41, 5.74) is 0. The summed E-state index contributed by atoms with van der Waals surface area (Å²) >= 11 is 0. The minimum atomic E-state index is -4.79. The van der Waals surface area contributed by atoms with E-state index in [4.69, 9.17) is 23.3 Å². The molecule has 0 bridgehead atoms. The van der Waals surface area contributed by atoms with Gasteiger partial charge in [0.15, 0.2) is 6.10 Å². The molecule has 0 heterocycles. The Morgan fingerprint density at radius 2 is 0.684 bits per heavy atom. The van der Waals surface area contributed by atoms with Crippen molar-refractivity contribution in [3.8, 4) is 0 Å². The normalized spacial score (nSPS) is 14.2. The van der Waals surface area contributed by atoms with Gasteiger partial charge in [0, 0.05) is 19.3 Å². The standard InChI is InChI=1S/C64H105O11P/c1-4-7-10-13-16-19-22-25-27-29-30-32-33-36-38-41-44-47-50-53-62(66)71-57-61(75-64(68)55-52-49-46-43-40-37-34-31-28-26-23-20-17-14-11-8-5-2)59-73-76(69,70)72-58-60(56-65)74-63(67)54-51-48-45-42-39-35-24-21-18-15-12-9-6-3/h7,9-10,12,16,18-19,21,25,27,30,32,35-36,38-39,44-45,47-48,60-61,65H,4-6,8,11,13-15,17,20,22-24,26,28-29,31,33-34,37,40-43,46,49-59H2,1-3H3,(H,69,70)/b10-7-,12-9-,19-16-,21-18-,27-25-,32-30-,38-36-,39-35-,47-44-,48-45-. The topological polar surface area (TPSA) is 155 Å².